The van der Waals surface area contributed by atoms with Crippen molar-refractivity contribution < 1.29 is 18.0 Å². The van der Waals surface area contributed by atoms with E-state index in [0.717, 1.165) is 31.2 Å². The summed E-state index contributed by atoms with van der Waals surface area (Å²) in [5.74, 6) is 0.0283. The summed E-state index contributed by atoms with van der Waals surface area (Å²) in [6.07, 6.45) is 3.50. The Balaban J connectivity index is 1.39. The van der Waals surface area contributed by atoms with Crippen molar-refractivity contribution in [3.05, 3.63) is 48.0 Å². The Morgan fingerprint density at radius 2 is 1.85 bits per heavy atom. The lowest BCUT2D eigenvalue weighted by molar-refractivity contribution is -0.135. The highest BCUT2D eigenvalue weighted by Crippen LogP contribution is 2.39. The second-order valence-electron chi connectivity index (χ2n) is 8.96. The van der Waals surface area contributed by atoms with E-state index in [9.17, 15) is 18.0 Å². The number of benzene rings is 2. The normalized spacial score (nSPS) is 21.2. The largest absolute Gasteiger partial charge is 0.341 e. The fourth-order valence-corrected chi connectivity index (χ4v) is 7.30. The predicted molar refractivity (Wildman–Crippen MR) is 129 cm³/mol. The van der Waals surface area contributed by atoms with Crippen molar-refractivity contribution in [1.82, 2.24) is 4.90 Å². The molecule has 2 amide bonds. The van der Waals surface area contributed by atoms with E-state index in [-0.39, 0.29) is 10.8 Å². The Morgan fingerprint density at radius 3 is 2.64 bits per heavy atom. The van der Waals surface area contributed by atoms with Gasteiger partial charge in [-0.1, -0.05) is 25.1 Å². The lowest BCUT2D eigenvalue weighted by Gasteiger charge is -2.34. The molecule has 33 heavy (non-hydrogen) atoms. The van der Waals surface area contributed by atoms with Crippen LogP contribution in [0.25, 0.3) is 0 Å². The molecular formula is C24H27N3O4S2. The van der Waals surface area contributed by atoms with Gasteiger partial charge in [-0.25, -0.2) is 8.42 Å². The third-order valence-corrected chi connectivity index (χ3v) is 9.74. The van der Waals surface area contributed by atoms with Crippen LogP contribution < -0.4 is 9.62 Å². The Bertz CT molecular complexity index is 1210. The van der Waals surface area contributed by atoms with Crippen molar-refractivity contribution in [2.45, 2.75) is 47.6 Å². The fraction of sp³-hybridized carbons (Fsp3) is 0.417. The number of para-hydroxylation sites is 1. The molecule has 9 heteroatoms. The topological polar surface area (TPSA) is 86.8 Å². The van der Waals surface area contributed by atoms with Crippen LogP contribution in [0.3, 0.4) is 0 Å². The van der Waals surface area contributed by atoms with Gasteiger partial charge >= 0.3 is 0 Å². The average molecular weight is 486 g/mol. The van der Waals surface area contributed by atoms with Crippen LogP contribution in [-0.2, 0) is 26.0 Å². The molecule has 7 nitrogen and oxygen atoms in total. The number of nitrogens with one attached hydrogen (secondary N) is 1. The van der Waals surface area contributed by atoms with E-state index in [1.54, 1.807) is 17.0 Å². The van der Waals surface area contributed by atoms with Crippen molar-refractivity contribution in [1.29, 1.82) is 0 Å². The molecule has 0 spiro atoms. The summed E-state index contributed by atoms with van der Waals surface area (Å²) in [5.41, 5.74) is 2.16. The first kappa shape index (κ1) is 22.3. The van der Waals surface area contributed by atoms with Gasteiger partial charge in [0.1, 0.15) is 0 Å². The molecule has 0 radical (unpaired) electrons. The number of aryl methyl sites for hydroxylation is 1. The van der Waals surface area contributed by atoms with E-state index in [1.165, 1.54) is 22.1 Å². The van der Waals surface area contributed by atoms with Gasteiger partial charge in [0, 0.05) is 24.5 Å². The lowest BCUT2D eigenvalue weighted by Crippen LogP contribution is -2.47. The summed E-state index contributed by atoms with van der Waals surface area (Å²) in [7, 11) is -3.78. The molecule has 0 aromatic heterocycles. The van der Waals surface area contributed by atoms with Gasteiger partial charge in [-0.15, -0.1) is 11.8 Å². The molecule has 1 atom stereocenters. The van der Waals surface area contributed by atoms with Crippen LogP contribution in [0.5, 0.6) is 0 Å². The molecule has 3 aliphatic heterocycles. The monoisotopic (exact) mass is 485 g/mol. The first-order valence-corrected chi connectivity index (χ1v) is 13.7. The van der Waals surface area contributed by atoms with E-state index >= 15 is 0 Å². The van der Waals surface area contributed by atoms with Crippen LogP contribution in [0.4, 0.5) is 11.4 Å². The zero-order valence-corrected chi connectivity index (χ0v) is 20.1. The molecule has 1 saturated heterocycles. The second kappa shape index (κ2) is 8.68. The molecule has 2 aromatic rings. The molecule has 0 aliphatic carbocycles. The third kappa shape index (κ3) is 4.12. The summed E-state index contributed by atoms with van der Waals surface area (Å²) in [5, 5.41) is 1.94. The molecule has 0 saturated carbocycles. The third-order valence-electron chi connectivity index (χ3n) is 6.67. The lowest BCUT2D eigenvalue weighted by atomic mass is 9.99. The van der Waals surface area contributed by atoms with Gasteiger partial charge in [-0.3, -0.25) is 13.9 Å². The summed E-state index contributed by atoms with van der Waals surface area (Å²) in [6, 6.07) is 12.3. The van der Waals surface area contributed by atoms with Gasteiger partial charge in [0.15, 0.2) is 5.25 Å². The van der Waals surface area contributed by atoms with Crippen LogP contribution in [-0.4, -0.2) is 50.0 Å². The maximum atomic E-state index is 13.5. The fourth-order valence-electron chi connectivity index (χ4n) is 4.68. The molecule has 0 bridgehead atoms. The highest BCUT2D eigenvalue weighted by Gasteiger charge is 2.38. The minimum Gasteiger partial charge on any atom is -0.341 e. The van der Waals surface area contributed by atoms with Gasteiger partial charge in [0.05, 0.1) is 16.3 Å². The summed E-state index contributed by atoms with van der Waals surface area (Å²) >= 11 is 1.20. The minimum atomic E-state index is -3.78. The van der Waals surface area contributed by atoms with Gasteiger partial charge in [0.2, 0.25) is 11.8 Å². The number of anilines is 2. The maximum Gasteiger partial charge on any atom is 0.264 e. The molecule has 5 rings (SSSR count). The van der Waals surface area contributed by atoms with E-state index in [2.05, 4.69) is 12.2 Å². The molecule has 174 valence electrons. The van der Waals surface area contributed by atoms with E-state index in [4.69, 9.17) is 0 Å². The van der Waals surface area contributed by atoms with Crippen LogP contribution in [0.1, 0.15) is 31.7 Å². The molecule has 1 N–H and O–H groups in total. The molecule has 3 aliphatic rings. The SMILES string of the molecule is CC1CCN(C(=O)[C@@H]2Sc3ccc(S(=O)(=O)N4CCCc5ccccc54)cc3NC2=O)CC1. The smallest absolute Gasteiger partial charge is 0.264 e. The summed E-state index contributed by atoms with van der Waals surface area (Å²) in [6.45, 7) is 3.94. The number of carbonyl (C=O) groups excluding carboxylic acids is 2. The molecule has 0 unspecified atom stereocenters. The number of hydrogen-bond acceptors (Lipinski definition) is 5. The predicted octanol–water partition coefficient (Wildman–Crippen LogP) is 3.50. The Labute approximate surface area is 198 Å². The number of piperidine rings is 1. The van der Waals surface area contributed by atoms with Crippen molar-refractivity contribution in [2.24, 2.45) is 5.92 Å². The minimum absolute atomic E-state index is 0.133. The molecule has 2 aromatic carbocycles. The Kier molecular flexibility index (Phi) is 5.86. The number of carbonyl (C=O) groups is 2. The zero-order chi connectivity index (χ0) is 23.2. The van der Waals surface area contributed by atoms with Gasteiger partial charge in [0.25, 0.3) is 10.0 Å². The van der Waals surface area contributed by atoms with Crippen molar-refractivity contribution in [3.8, 4) is 0 Å². The standard InChI is InChI=1S/C24H27N3O4S2/c1-16-10-13-26(14-11-16)24(29)22-23(28)25-19-15-18(8-9-21(19)32-22)33(30,31)27-12-4-6-17-5-2-3-7-20(17)27/h2-3,5,7-9,15-16,22H,4,6,10-14H2,1H3,(H,25,28)/t22-/m1/s1. The van der Waals surface area contributed by atoms with E-state index in [1.807, 2.05) is 24.3 Å². The van der Waals surface area contributed by atoms with E-state index < -0.39 is 21.2 Å². The Morgan fingerprint density at radius 1 is 1.09 bits per heavy atom. The van der Waals surface area contributed by atoms with Gasteiger partial charge < -0.3 is 10.2 Å². The average Bonchev–Trinajstić information content (AvgIpc) is 2.83. The van der Waals surface area contributed by atoms with Crippen LogP contribution in [0.2, 0.25) is 0 Å². The number of hydrogen-bond donors (Lipinski definition) is 1. The molecular weight excluding hydrogens is 458 g/mol. The number of thioether (sulfide) groups is 1. The molecule has 1 fully saturated rings. The number of amides is 2. The highest BCUT2D eigenvalue weighted by atomic mass is 32.2. The number of sulfonamides is 1. The van der Waals surface area contributed by atoms with Crippen LogP contribution in [0.15, 0.2) is 52.3 Å². The number of fused-ring (bicyclic) bond motifs is 2. The summed E-state index contributed by atoms with van der Waals surface area (Å²) < 4.78 is 28.4. The highest BCUT2D eigenvalue weighted by molar-refractivity contribution is 8.01. The van der Waals surface area contributed by atoms with Gasteiger partial charge in [-0.05, 0) is 61.4 Å². The van der Waals surface area contributed by atoms with Crippen molar-refractivity contribution in [2.75, 3.05) is 29.3 Å². The second-order valence-corrected chi connectivity index (χ2v) is 12.0. The first-order valence-electron chi connectivity index (χ1n) is 11.4. The zero-order valence-electron chi connectivity index (χ0n) is 18.5. The van der Waals surface area contributed by atoms with Gasteiger partial charge in [-0.2, -0.15) is 0 Å². The first-order chi connectivity index (χ1) is 15.8. The summed E-state index contributed by atoms with van der Waals surface area (Å²) in [4.78, 5) is 28.4. The number of rotatable bonds is 3. The van der Waals surface area contributed by atoms with Crippen molar-refractivity contribution >= 4 is 45.0 Å². The van der Waals surface area contributed by atoms with Crippen LogP contribution >= 0.6 is 11.8 Å². The Hall–Kier alpha value is -2.52. The van der Waals surface area contributed by atoms with Crippen LogP contribution in [0, 0.1) is 5.92 Å². The number of likely N-dealkylation sites (tertiary alicyclic amines) is 1. The quantitative estimate of drug-likeness (QED) is 0.673. The van der Waals surface area contributed by atoms with E-state index in [0.29, 0.717) is 41.8 Å². The maximum absolute atomic E-state index is 13.5. The molecule has 3 heterocycles. The van der Waals surface area contributed by atoms with Crippen molar-refractivity contribution in [3.63, 3.8) is 0 Å². The number of nitrogens with zero attached hydrogens (tertiary/aromatic N) is 2.